The van der Waals surface area contributed by atoms with Crippen LogP contribution in [0, 0.1) is 0 Å². The van der Waals surface area contributed by atoms with Gasteiger partial charge in [0.15, 0.2) is 13.2 Å². The number of ether oxygens (including phenoxy) is 3. The number of nitrogens with one attached hydrogen (secondary N) is 2. The normalized spacial score (nSPS) is 9.75. The summed E-state index contributed by atoms with van der Waals surface area (Å²) in [5, 5.41) is 4.96. The minimum absolute atomic E-state index is 0.154. The summed E-state index contributed by atoms with van der Waals surface area (Å²) in [7, 11) is 1.55. The van der Waals surface area contributed by atoms with Gasteiger partial charge < -0.3 is 24.8 Å². The Hall–Kier alpha value is -2.77. The number of methoxy groups -OCH3 is 1. The first-order valence-corrected chi connectivity index (χ1v) is 7.51. The van der Waals surface area contributed by atoms with E-state index in [1.54, 1.807) is 31.4 Å². The van der Waals surface area contributed by atoms with Gasteiger partial charge in [0.05, 0.1) is 13.7 Å². The predicted molar refractivity (Wildman–Crippen MR) is 85.8 cm³/mol. The molecule has 0 aliphatic rings. The lowest BCUT2D eigenvalue weighted by Crippen LogP contribution is -2.39. The number of carbonyl (C=O) groups is 3. The van der Waals surface area contributed by atoms with Crippen LogP contribution in [0.15, 0.2) is 24.3 Å². The van der Waals surface area contributed by atoms with Crippen LogP contribution in [-0.2, 0) is 19.1 Å². The summed E-state index contributed by atoms with van der Waals surface area (Å²) in [5.74, 6) is -0.385. The molecule has 0 radical (unpaired) electrons. The highest BCUT2D eigenvalue weighted by Gasteiger charge is 2.09. The molecule has 0 fully saturated rings. The number of benzene rings is 1. The lowest BCUT2D eigenvalue weighted by atomic mass is 10.3. The third-order valence-corrected chi connectivity index (χ3v) is 2.80. The van der Waals surface area contributed by atoms with Crippen LogP contribution in [0.25, 0.3) is 0 Å². The molecule has 0 aliphatic carbocycles. The van der Waals surface area contributed by atoms with Crippen LogP contribution >= 0.6 is 0 Å². The fourth-order valence-corrected chi connectivity index (χ4v) is 1.56. The van der Waals surface area contributed by atoms with Crippen LogP contribution < -0.4 is 20.1 Å². The van der Waals surface area contributed by atoms with E-state index in [1.165, 1.54) is 0 Å². The van der Waals surface area contributed by atoms with Crippen LogP contribution in [0.4, 0.5) is 0 Å². The number of rotatable bonds is 10. The zero-order chi connectivity index (χ0) is 17.8. The van der Waals surface area contributed by atoms with E-state index in [0.29, 0.717) is 18.0 Å². The number of amides is 2. The van der Waals surface area contributed by atoms with E-state index < -0.39 is 18.5 Å². The average molecular weight is 338 g/mol. The molecule has 24 heavy (non-hydrogen) atoms. The van der Waals surface area contributed by atoms with E-state index >= 15 is 0 Å². The quantitative estimate of drug-likeness (QED) is 0.593. The molecule has 0 unspecified atom stereocenters. The topological polar surface area (TPSA) is 103 Å². The smallest absolute Gasteiger partial charge is 0.344 e. The summed E-state index contributed by atoms with van der Waals surface area (Å²) >= 11 is 0. The molecule has 132 valence electrons. The zero-order valence-corrected chi connectivity index (χ0v) is 13.8. The van der Waals surface area contributed by atoms with Crippen molar-refractivity contribution in [1.82, 2.24) is 10.6 Å². The summed E-state index contributed by atoms with van der Waals surface area (Å²) in [6.45, 7) is 1.53. The van der Waals surface area contributed by atoms with Gasteiger partial charge in [-0.25, -0.2) is 4.79 Å². The van der Waals surface area contributed by atoms with Crippen molar-refractivity contribution in [3.05, 3.63) is 24.3 Å². The zero-order valence-electron chi connectivity index (χ0n) is 13.8. The molecule has 0 spiro atoms. The van der Waals surface area contributed by atoms with Crippen molar-refractivity contribution in [3.63, 3.8) is 0 Å². The minimum atomic E-state index is -0.684. The Morgan fingerprint density at radius 1 is 0.958 bits per heavy atom. The van der Waals surface area contributed by atoms with Crippen LogP contribution in [0.1, 0.15) is 13.3 Å². The number of hydrogen-bond donors (Lipinski definition) is 2. The van der Waals surface area contributed by atoms with Gasteiger partial charge in [-0.3, -0.25) is 9.59 Å². The van der Waals surface area contributed by atoms with Crippen LogP contribution in [-0.4, -0.2) is 51.2 Å². The van der Waals surface area contributed by atoms with Gasteiger partial charge in [0.1, 0.15) is 11.5 Å². The molecule has 8 heteroatoms. The predicted octanol–water partition coefficient (Wildman–Crippen LogP) is 0.260. The molecule has 0 saturated carbocycles. The van der Waals surface area contributed by atoms with Gasteiger partial charge in [-0.2, -0.15) is 0 Å². The van der Waals surface area contributed by atoms with Gasteiger partial charge in [-0.05, 0) is 30.7 Å². The molecule has 0 bridgehead atoms. The highest BCUT2D eigenvalue weighted by Crippen LogP contribution is 2.16. The molecule has 0 aliphatic heterocycles. The summed E-state index contributed by atoms with van der Waals surface area (Å²) in [4.78, 5) is 34.2. The van der Waals surface area contributed by atoms with Gasteiger partial charge in [-0.15, -0.1) is 0 Å². The Morgan fingerprint density at radius 2 is 1.62 bits per heavy atom. The van der Waals surface area contributed by atoms with Crippen molar-refractivity contribution >= 4 is 17.8 Å². The second kappa shape index (κ2) is 10.9. The highest BCUT2D eigenvalue weighted by molar-refractivity contribution is 5.86. The molecule has 0 atom stereocenters. The lowest BCUT2D eigenvalue weighted by Gasteiger charge is -2.08. The van der Waals surface area contributed by atoms with E-state index in [1.807, 2.05) is 6.92 Å². The van der Waals surface area contributed by atoms with Gasteiger partial charge >= 0.3 is 5.97 Å². The number of carbonyl (C=O) groups excluding carboxylic acids is 3. The SMILES string of the molecule is CCCNC(=O)CNC(=O)COC(=O)COc1ccc(OC)cc1. The van der Waals surface area contributed by atoms with Crippen molar-refractivity contribution < 1.29 is 28.6 Å². The summed E-state index contributed by atoms with van der Waals surface area (Å²) in [6.07, 6.45) is 0.811. The van der Waals surface area contributed by atoms with Crippen LogP contribution in [0.3, 0.4) is 0 Å². The Kier molecular flexibility index (Phi) is 8.73. The van der Waals surface area contributed by atoms with Crippen molar-refractivity contribution in [1.29, 1.82) is 0 Å². The molecule has 0 saturated heterocycles. The Bertz CT molecular complexity index is 544. The number of hydrogen-bond acceptors (Lipinski definition) is 6. The van der Waals surface area contributed by atoms with Crippen molar-refractivity contribution in [3.8, 4) is 11.5 Å². The second-order valence-electron chi connectivity index (χ2n) is 4.75. The first kappa shape index (κ1) is 19.3. The summed E-state index contributed by atoms with van der Waals surface area (Å²) < 4.78 is 15.0. The Labute approximate surface area is 140 Å². The Morgan fingerprint density at radius 3 is 2.25 bits per heavy atom. The lowest BCUT2D eigenvalue weighted by molar-refractivity contribution is -0.150. The molecule has 2 N–H and O–H groups in total. The fourth-order valence-electron chi connectivity index (χ4n) is 1.56. The average Bonchev–Trinajstić information content (AvgIpc) is 2.61. The van der Waals surface area contributed by atoms with E-state index in [2.05, 4.69) is 10.6 Å². The van der Waals surface area contributed by atoms with Gasteiger partial charge in [-0.1, -0.05) is 6.92 Å². The maximum absolute atomic E-state index is 11.5. The first-order valence-electron chi connectivity index (χ1n) is 7.51. The molecule has 0 aromatic heterocycles. The van der Waals surface area contributed by atoms with Gasteiger partial charge in [0.25, 0.3) is 5.91 Å². The number of esters is 1. The van der Waals surface area contributed by atoms with Gasteiger partial charge in [0, 0.05) is 6.54 Å². The molecule has 0 heterocycles. The highest BCUT2D eigenvalue weighted by atomic mass is 16.6. The molecular weight excluding hydrogens is 316 g/mol. The molecule has 1 aromatic rings. The first-order chi connectivity index (χ1) is 11.5. The fraction of sp³-hybridized carbons (Fsp3) is 0.438. The standard InChI is InChI=1S/C16H22N2O6/c1-3-8-17-14(19)9-18-15(20)10-24-16(21)11-23-13-6-4-12(22-2)5-7-13/h4-7H,3,8-11H2,1-2H3,(H,17,19)(H,18,20). The Balaban J connectivity index is 2.18. The van der Waals surface area contributed by atoms with E-state index in [-0.39, 0.29) is 19.1 Å². The van der Waals surface area contributed by atoms with E-state index in [9.17, 15) is 14.4 Å². The maximum Gasteiger partial charge on any atom is 0.344 e. The molecular formula is C16H22N2O6. The largest absolute Gasteiger partial charge is 0.497 e. The molecule has 1 rings (SSSR count). The van der Waals surface area contributed by atoms with Crippen molar-refractivity contribution in [2.24, 2.45) is 0 Å². The van der Waals surface area contributed by atoms with E-state index in [0.717, 1.165) is 6.42 Å². The van der Waals surface area contributed by atoms with Crippen LogP contribution in [0.2, 0.25) is 0 Å². The monoisotopic (exact) mass is 338 g/mol. The molecule has 2 amide bonds. The maximum atomic E-state index is 11.5. The second-order valence-corrected chi connectivity index (χ2v) is 4.75. The van der Waals surface area contributed by atoms with E-state index in [4.69, 9.17) is 14.2 Å². The molecule has 1 aromatic carbocycles. The minimum Gasteiger partial charge on any atom is -0.497 e. The summed E-state index contributed by atoms with van der Waals surface area (Å²) in [6, 6.07) is 6.68. The third kappa shape index (κ3) is 8.02. The van der Waals surface area contributed by atoms with Crippen molar-refractivity contribution in [2.45, 2.75) is 13.3 Å². The third-order valence-electron chi connectivity index (χ3n) is 2.80. The molecule has 8 nitrogen and oxygen atoms in total. The summed E-state index contributed by atoms with van der Waals surface area (Å²) in [5.41, 5.74) is 0. The van der Waals surface area contributed by atoms with Gasteiger partial charge in [0.2, 0.25) is 5.91 Å². The van der Waals surface area contributed by atoms with Crippen molar-refractivity contribution in [2.75, 3.05) is 33.4 Å². The van der Waals surface area contributed by atoms with Crippen LogP contribution in [0.5, 0.6) is 11.5 Å².